The lowest BCUT2D eigenvalue weighted by atomic mass is 10.1. The zero-order chi connectivity index (χ0) is 13.0. The van der Waals surface area contributed by atoms with Gasteiger partial charge in [-0.05, 0) is 12.5 Å². The monoisotopic (exact) mass is 250 g/mol. The largest absolute Gasteiger partial charge is 0.377 e. The van der Waals surface area contributed by atoms with E-state index in [0.29, 0.717) is 31.0 Å². The van der Waals surface area contributed by atoms with Crippen LogP contribution in [0, 0.1) is 0 Å². The number of hydrogen-bond acceptors (Lipinski definition) is 5. The van der Waals surface area contributed by atoms with Gasteiger partial charge in [-0.25, -0.2) is 0 Å². The van der Waals surface area contributed by atoms with Gasteiger partial charge in [0.25, 0.3) is 5.91 Å². The van der Waals surface area contributed by atoms with Gasteiger partial charge >= 0.3 is 0 Å². The zero-order valence-corrected chi connectivity index (χ0v) is 10.4. The van der Waals surface area contributed by atoms with Crippen LogP contribution in [-0.4, -0.2) is 41.6 Å². The summed E-state index contributed by atoms with van der Waals surface area (Å²) in [6, 6.07) is 1.81. The van der Waals surface area contributed by atoms with E-state index in [1.54, 1.807) is 18.5 Å². The van der Waals surface area contributed by atoms with Crippen molar-refractivity contribution in [1.29, 1.82) is 0 Å². The Balaban J connectivity index is 2.24. The molecule has 1 aliphatic rings. The van der Waals surface area contributed by atoms with Crippen molar-refractivity contribution in [3.05, 3.63) is 24.0 Å². The molecule has 1 aromatic rings. The smallest absolute Gasteiger partial charge is 0.256 e. The number of nitrogens with two attached hydrogens (primary N) is 1. The number of carbonyl (C=O) groups excluding carboxylic acids is 1. The third-order valence-corrected chi connectivity index (χ3v) is 3.17. The van der Waals surface area contributed by atoms with Crippen molar-refractivity contribution in [2.75, 3.05) is 25.2 Å². The first-order valence-electron chi connectivity index (χ1n) is 6.07. The normalized spacial score (nSPS) is 19.7. The molecule has 6 nitrogen and oxygen atoms in total. The molecule has 1 amide bonds. The van der Waals surface area contributed by atoms with Gasteiger partial charge in [-0.1, -0.05) is 6.92 Å². The fourth-order valence-corrected chi connectivity index (χ4v) is 2.11. The van der Waals surface area contributed by atoms with Crippen molar-refractivity contribution in [1.82, 2.24) is 9.88 Å². The second-order valence-corrected chi connectivity index (χ2v) is 4.20. The summed E-state index contributed by atoms with van der Waals surface area (Å²) >= 11 is 0. The molecule has 1 aliphatic heterocycles. The van der Waals surface area contributed by atoms with Gasteiger partial charge in [0.2, 0.25) is 0 Å². The van der Waals surface area contributed by atoms with E-state index < -0.39 is 0 Å². The van der Waals surface area contributed by atoms with E-state index in [-0.39, 0.29) is 11.9 Å². The average molecular weight is 250 g/mol. The van der Waals surface area contributed by atoms with Gasteiger partial charge in [-0.15, -0.1) is 0 Å². The van der Waals surface area contributed by atoms with E-state index in [2.05, 4.69) is 10.4 Å². The number of aromatic nitrogens is 1. The fourth-order valence-electron chi connectivity index (χ4n) is 2.11. The van der Waals surface area contributed by atoms with Crippen LogP contribution >= 0.6 is 0 Å². The Morgan fingerprint density at radius 3 is 3.28 bits per heavy atom. The maximum Gasteiger partial charge on any atom is 0.256 e. The molecule has 1 unspecified atom stereocenters. The van der Waals surface area contributed by atoms with E-state index in [1.807, 2.05) is 11.8 Å². The molecule has 0 radical (unpaired) electrons. The molecule has 98 valence electrons. The number of nitrogens with one attached hydrogen (secondary N) is 1. The number of nitrogens with zero attached hydrogens (tertiary/aromatic N) is 2. The highest BCUT2D eigenvalue weighted by Gasteiger charge is 2.27. The molecule has 3 N–H and O–H groups in total. The number of morpholine rings is 1. The highest BCUT2D eigenvalue weighted by atomic mass is 16.5. The van der Waals surface area contributed by atoms with Crippen LogP contribution in [-0.2, 0) is 4.74 Å². The van der Waals surface area contributed by atoms with Gasteiger partial charge in [0.05, 0.1) is 36.7 Å². The number of rotatable bonds is 3. The molecule has 0 spiro atoms. The molecule has 2 rings (SSSR count). The highest BCUT2D eigenvalue weighted by Crippen LogP contribution is 2.19. The van der Waals surface area contributed by atoms with Gasteiger partial charge in [0, 0.05) is 12.7 Å². The van der Waals surface area contributed by atoms with E-state index in [9.17, 15) is 4.79 Å². The molecule has 18 heavy (non-hydrogen) atoms. The summed E-state index contributed by atoms with van der Waals surface area (Å²) in [4.78, 5) is 18.3. The lowest BCUT2D eigenvalue weighted by Crippen LogP contribution is -2.48. The van der Waals surface area contributed by atoms with Gasteiger partial charge in [0.1, 0.15) is 0 Å². The van der Waals surface area contributed by atoms with Crippen LogP contribution in [0.15, 0.2) is 18.5 Å². The van der Waals surface area contributed by atoms with Gasteiger partial charge < -0.3 is 15.1 Å². The lowest BCUT2D eigenvalue weighted by molar-refractivity contribution is -0.00275. The van der Waals surface area contributed by atoms with Crippen molar-refractivity contribution in [3.63, 3.8) is 0 Å². The van der Waals surface area contributed by atoms with Crippen LogP contribution in [0.2, 0.25) is 0 Å². The van der Waals surface area contributed by atoms with Crippen LogP contribution in [0.3, 0.4) is 0 Å². The van der Waals surface area contributed by atoms with Crippen LogP contribution in [0.1, 0.15) is 23.7 Å². The molecule has 1 saturated heterocycles. The van der Waals surface area contributed by atoms with E-state index in [4.69, 9.17) is 10.6 Å². The zero-order valence-electron chi connectivity index (χ0n) is 10.4. The molecule has 0 aliphatic carbocycles. The summed E-state index contributed by atoms with van der Waals surface area (Å²) in [5, 5.41) is 0. The Labute approximate surface area is 106 Å². The Bertz CT molecular complexity index is 424. The summed E-state index contributed by atoms with van der Waals surface area (Å²) in [5.41, 5.74) is 3.60. The van der Waals surface area contributed by atoms with Crippen LogP contribution < -0.4 is 11.3 Å². The lowest BCUT2D eigenvalue weighted by Gasteiger charge is -2.35. The summed E-state index contributed by atoms with van der Waals surface area (Å²) in [6.45, 7) is 3.84. The molecule has 0 saturated carbocycles. The first-order valence-corrected chi connectivity index (χ1v) is 6.07. The quantitative estimate of drug-likeness (QED) is 0.607. The minimum absolute atomic E-state index is 0.0273. The summed E-state index contributed by atoms with van der Waals surface area (Å²) in [6.07, 6.45) is 4.02. The van der Waals surface area contributed by atoms with Crippen molar-refractivity contribution >= 4 is 11.6 Å². The predicted molar refractivity (Wildman–Crippen MR) is 68.0 cm³/mol. The van der Waals surface area contributed by atoms with Crippen LogP contribution in [0.4, 0.5) is 5.69 Å². The Morgan fingerprint density at radius 2 is 2.56 bits per heavy atom. The van der Waals surface area contributed by atoms with Gasteiger partial charge in [-0.2, -0.15) is 0 Å². The molecular formula is C12H18N4O2. The number of ether oxygens (including phenoxy) is 1. The fraction of sp³-hybridized carbons (Fsp3) is 0.500. The summed E-state index contributed by atoms with van der Waals surface area (Å²) < 4.78 is 5.40. The first kappa shape index (κ1) is 12.8. The summed E-state index contributed by atoms with van der Waals surface area (Å²) in [5.74, 6) is 5.37. The Hall–Kier alpha value is -1.66. The molecule has 1 atom stereocenters. The molecule has 0 bridgehead atoms. The number of pyridine rings is 1. The molecule has 1 fully saturated rings. The Morgan fingerprint density at radius 1 is 1.72 bits per heavy atom. The minimum Gasteiger partial charge on any atom is -0.377 e. The molecule has 1 aromatic heterocycles. The van der Waals surface area contributed by atoms with Crippen molar-refractivity contribution in [2.24, 2.45) is 5.84 Å². The number of hydrazine groups is 1. The third kappa shape index (κ3) is 2.44. The van der Waals surface area contributed by atoms with Crippen LogP contribution in [0.5, 0.6) is 0 Å². The second kappa shape index (κ2) is 5.79. The van der Waals surface area contributed by atoms with Crippen LogP contribution in [0.25, 0.3) is 0 Å². The van der Waals surface area contributed by atoms with Crippen molar-refractivity contribution in [3.8, 4) is 0 Å². The van der Waals surface area contributed by atoms with E-state index >= 15 is 0 Å². The van der Waals surface area contributed by atoms with E-state index in [0.717, 1.165) is 6.42 Å². The standard InChI is InChI=1S/C12H18N4O2/c1-2-9-8-18-6-5-16(9)12(17)10-3-4-14-7-11(10)15-13/h3-4,7,9,15H,2,5-6,8,13H2,1H3. The SMILES string of the molecule is CCC1COCCN1C(=O)c1ccncc1NN. The third-order valence-electron chi connectivity index (χ3n) is 3.17. The predicted octanol–water partition coefficient (Wildman–Crippen LogP) is 0.618. The van der Waals surface area contributed by atoms with Gasteiger partial charge in [0.15, 0.2) is 0 Å². The molecular weight excluding hydrogens is 232 g/mol. The molecule has 0 aromatic carbocycles. The number of hydrogen-bond donors (Lipinski definition) is 2. The van der Waals surface area contributed by atoms with E-state index in [1.165, 1.54) is 0 Å². The van der Waals surface area contributed by atoms with Gasteiger partial charge in [-0.3, -0.25) is 15.6 Å². The number of amides is 1. The average Bonchev–Trinajstić information content (AvgIpc) is 2.46. The maximum atomic E-state index is 12.5. The minimum atomic E-state index is -0.0273. The van der Waals surface area contributed by atoms with Crippen molar-refractivity contribution in [2.45, 2.75) is 19.4 Å². The maximum absolute atomic E-state index is 12.5. The topological polar surface area (TPSA) is 80.5 Å². The highest BCUT2D eigenvalue weighted by molar-refractivity contribution is 5.99. The number of carbonyl (C=O) groups is 1. The Kier molecular flexibility index (Phi) is 4.11. The number of anilines is 1. The first-order chi connectivity index (χ1) is 8.77. The number of nitrogen functional groups attached to an aromatic ring is 1. The second-order valence-electron chi connectivity index (χ2n) is 4.20. The molecule has 6 heteroatoms. The van der Waals surface area contributed by atoms with Crippen molar-refractivity contribution < 1.29 is 9.53 Å². The summed E-state index contributed by atoms with van der Waals surface area (Å²) in [7, 11) is 0. The molecule has 2 heterocycles.